The molecule has 0 aliphatic carbocycles. The van der Waals surface area contributed by atoms with E-state index in [-0.39, 0.29) is 5.69 Å². The molecular weight excluding hydrogens is 304 g/mol. The summed E-state index contributed by atoms with van der Waals surface area (Å²) in [7, 11) is 0. The van der Waals surface area contributed by atoms with Gasteiger partial charge in [-0.2, -0.15) is 11.8 Å². The van der Waals surface area contributed by atoms with E-state index in [1.165, 1.54) is 18.0 Å². The molecule has 6 nitrogen and oxygen atoms in total. The minimum atomic E-state index is -1.21. The van der Waals surface area contributed by atoms with Crippen LogP contribution in [0.5, 0.6) is 0 Å². The highest BCUT2D eigenvalue weighted by atomic mass is 32.2. The Morgan fingerprint density at radius 3 is 2.73 bits per heavy atom. The summed E-state index contributed by atoms with van der Waals surface area (Å²) in [6, 6.07) is 9.19. The lowest BCUT2D eigenvalue weighted by atomic mass is 9.99. The second-order valence-corrected chi connectivity index (χ2v) is 6.15. The Balaban J connectivity index is 1.79. The summed E-state index contributed by atoms with van der Waals surface area (Å²) in [4.78, 5) is 27.8. The summed E-state index contributed by atoms with van der Waals surface area (Å²) in [5.74, 6) is -0.151. The van der Waals surface area contributed by atoms with Crippen LogP contribution in [0.3, 0.4) is 0 Å². The van der Waals surface area contributed by atoms with E-state index in [2.05, 4.69) is 10.3 Å². The van der Waals surface area contributed by atoms with E-state index < -0.39 is 17.4 Å². The van der Waals surface area contributed by atoms with Gasteiger partial charge in [0.15, 0.2) is 5.69 Å². The van der Waals surface area contributed by atoms with Crippen LogP contribution in [0.4, 0.5) is 0 Å². The smallest absolute Gasteiger partial charge is 0.330 e. The Kier molecular flexibility index (Phi) is 3.89. The predicted molar refractivity (Wildman–Crippen MR) is 81.7 cm³/mol. The number of hydrogen-bond acceptors (Lipinski definition) is 5. The number of oxazole rings is 1. The summed E-state index contributed by atoms with van der Waals surface area (Å²) in [5.41, 5.74) is -0.379. The van der Waals surface area contributed by atoms with E-state index in [0.29, 0.717) is 23.8 Å². The van der Waals surface area contributed by atoms with Gasteiger partial charge in [-0.3, -0.25) is 4.79 Å². The molecule has 22 heavy (non-hydrogen) atoms. The highest BCUT2D eigenvalue weighted by molar-refractivity contribution is 7.99. The van der Waals surface area contributed by atoms with Gasteiger partial charge in [0, 0.05) is 11.3 Å². The molecule has 1 atom stereocenters. The number of nitrogens with zero attached hydrogens (tertiary/aromatic N) is 1. The van der Waals surface area contributed by atoms with Gasteiger partial charge in [0.1, 0.15) is 11.8 Å². The monoisotopic (exact) mass is 318 g/mol. The zero-order chi connectivity index (χ0) is 15.6. The van der Waals surface area contributed by atoms with E-state index in [0.717, 1.165) is 5.56 Å². The van der Waals surface area contributed by atoms with Crippen molar-refractivity contribution in [3.05, 3.63) is 42.3 Å². The maximum absolute atomic E-state index is 12.2. The molecule has 3 rings (SSSR count). The predicted octanol–water partition coefficient (Wildman–Crippen LogP) is 2.03. The van der Waals surface area contributed by atoms with Crippen molar-refractivity contribution < 1.29 is 19.1 Å². The van der Waals surface area contributed by atoms with Crippen molar-refractivity contribution in [2.24, 2.45) is 0 Å². The number of amides is 1. The molecule has 0 bridgehead atoms. The molecule has 2 N–H and O–H groups in total. The SMILES string of the molecule is O=C(NC1(C(=O)O)CCSC1)c1coc(-c2ccccc2)n1. The number of benzene rings is 1. The highest BCUT2D eigenvalue weighted by Gasteiger charge is 2.43. The molecule has 7 heteroatoms. The number of carbonyl (C=O) groups excluding carboxylic acids is 1. The van der Waals surface area contributed by atoms with Crippen molar-refractivity contribution >= 4 is 23.6 Å². The van der Waals surface area contributed by atoms with Gasteiger partial charge >= 0.3 is 5.97 Å². The molecule has 1 aromatic carbocycles. The molecular formula is C15H14N2O4S. The van der Waals surface area contributed by atoms with Crippen molar-refractivity contribution in [2.45, 2.75) is 12.0 Å². The lowest BCUT2D eigenvalue weighted by molar-refractivity contribution is -0.143. The fraction of sp³-hybridized carbons (Fsp3) is 0.267. The normalized spacial score (nSPS) is 20.7. The summed E-state index contributed by atoms with van der Waals surface area (Å²) in [6.45, 7) is 0. The van der Waals surface area contributed by atoms with E-state index in [9.17, 15) is 14.7 Å². The quantitative estimate of drug-likeness (QED) is 0.896. The third kappa shape index (κ3) is 2.71. The van der Waals surface area contributed by atoms with Gasteiger partial charge in [0.25, 0.3) is 5.91 Å². The van der Waals surface area contributed by atoms with Gasteiger partial charge in [-0.05, 0) is 24.3 Å². The van der Waals surface area contributed by atoms with Crippen LogP contribution in [0.2, 0.25) is 0 Å². The van der Waals surface area contributed by atoms with Crippen LogP contribution in [0.1, 0.15) is 16.9 Å². The average molecular weight is 318 g/mol. The number of carboxylic acids is 1. The standard InChI is InChI=1S/C15H14N2O4S/c18-12(17-15(14(19)20)6-7-22-9-15)11-8-21-13(16-11)10-4-2-1-3-5-10/h1-5,8H,6-7,9H2,(H,17,18)(H,19,20). The van der Waals surface area contributed by atoms with Crippen molar-refractivity contribution in [3.63, 3.8) is 0 Å². The van der Waals surface area contributed by atoms with Gasteiger partial charge in [0.2, 0.25) is 5.89 Å². The molecule has 1 aromatic heterocycles. The minimum absolute atomic E-state index is 0.0800. The fourth-order valence-corrected chi connectivity index (χ4v) is 3.58. The Morgan fingerprint density at radius 1 is 1.32 bits per heavy atom. The van der Waals surface area contributed by atoms with E-state index in [4.69, 9.17) is 4.42 Å². The van der Waals surface area contributed by atoms with Gasteiger partial charge < -0.3 is 14.8 Å². The molecule has 2 aromatic rings. The average Bonchev–Trinajstić information content (AvgIpc) is 3.18. The van der Waals surface area contributed by atoms with E-state index in [1.807, 2.05) is 30.3 Å². The number of carbonyl (C=O) groups is 2. The van der Waals surface area contributed by atoms with Gasteiger partial charge in [0.05, 0.1) is 0 Å². The van der Waals surface area contributed by atoms with Gasteiger partial charge in [-0.25, -0.2) is 9.78 Å². The van der Waals surface area contributed by atoms with E-state index >= 15 is 0 Å². The Morgan fingerprint density at radius 2 is 2.09 bits per heavy atom. The molecule has 1 aliphatic heterocycles. The van der Waals surface area contributed by atoms with Crippen LogP contribution in [0, 0.1) is 0 Å². The lowest BCUT2D eigenvalue weighted by Crippen LogP contribution is -2.54. The fourth-order valence-electron chi connectivity index (χ4n) is 2.26. The summed E-state index contributed by atoms with van der Waals surface area (Å²) >= 11 is 1.51. The largest absolute Gasteiger partial charge is 0.479 e. The van der Waals surface area contributed by atoms with Crippen molar-refractivity contribution in [2.75, 3.05) is 11.5 Å². The van der Waals surface area contributed by atoms with Crippen molar-refractivity contribution in [1.29, 1.82) is 0 Å². The molecule has 1 aliphatic rings. The molecule has 114 valence electrons. The van der Waals surface area contributed by atoms with Crippen LogP contribution >= 0.6 is 11.8 Å². The van der Waals surface area contributed by atoms with Crippen LogP contribution < -0.4 is 5.32 Å². The van der Waals surface area contributed by atoms with Gasteiger partial charge in [-0.1, -0.05) is 18.2 Å². The molecule has 1 fully saturated rings. The third-order valence-corrected chi connectivity index (χ3v) is 4.73. The van der Waals surface area contributed by atoms with Crippen LogP contribution in [-0.2, 0) is 4.79 Å². The first-order valence-corrected chi connectivity index (χ1v) is 7.91. The molecule has 1 amide bonds. The van der Waals surface area contributed by atoms with Crippen LogP contribution in [-0.4, -0.2) is 39.0 Å². The maximum atomic E-state index is 12.2. The molecule has 1 saturated heterocycles. The van der Waals surface area contributed by atoms with Crippen LogP contribution in [0.25, 0.3) is 11.5 Å². The van der Waals surface area contributed by atoms with Crippen LogP contribution in [0.15, 0.2) is 41.0 Å². The first kappa shape index (κ1) is 14.6. The number of carboxylic acid groups (broad SMARTS) is 1. The number of aromatic nitrogens is 1. The first-order chi connectivity index (χ1) is 10.6. The minimum Gasteiger partial charge on any atom is -0.479 e. The number of aliphatic carboxylic acids is 1. The van der Waals surface area contributed by atoms with Crippen molar-refractivity contribution in [3.8, 4) is 11.5 Å². The Bertz CT molecular complexity index is 693. The second-order valence-electron chi connectivity index (χ2n) is 5.05. The second kappa shape index (κ2) is 5.84. The first-order valence-electron chi connectivity index (χ1n) is 6.75. The molecule has 0 spiro atoms. The summed E-state index contributed by atoms with van der Waals surface area (Å²) in [5, 5.41) is 12.0. The lowest BCUT2D eigenvalue weighted by Gasteiger charge is -2.23. The topological polar surface area (TPSA) is 92.4 Å². The number of rotatable bonds is 4. The molecule has 1 unspecified atom stereocenters. The summed E-state index contributed by atoms with van der Waals surface area (Å²) < 4.78 is 5.31. The Labute approximate surface area is 130 Å². The Hall–Kier alpha value is -2.28. The van der Waals surface area contributed by atoms with Gasteiger partial charge in [-0.15, -0.1) is 0 Å². The zero-order valence-corrected chi connectivity index (χ0v) is 12.4. The number of hydrogen-bond donors (Lipinski definition) is 2. The number of thioether (sulfide) groups is 1. The highest BCUT2D eigenvalue weighted by Crippen LogP contribution is 2.28. The molecule has 2 heterocycles. The van der Waals surface area contributed by atoms with Crippen molar-refractivity contribution in [1.82, 2.24) is 10.3 Å². The number of nitrogens with one attached hydrogen (secondary N) is 1. The van der Waals surface area contributed by atoms with E-state index in [1.54, 1.807) is 0 Å². The molecule has 0 saturated carbocycles. The zero-order valence-electron chi connectivity index (χ0n) is 11.6. The maximum Gasteiger partial charge on any atom is 0.330 e. The summed E-state index contributed by atoms with van der Waals surface area (Å²) in [6.07, 6.45) is 1.65. The molecule has 0 radical (unpaired) electrons. The third-order valence-electron chi connectivity index (χ3n) is 3.54.